The van der Waals surface area contributed by atoms with E-state index in [4.69, 9.17) is 78.7 Å². The summed E-state index contributed by atoms with van der Waals surface area (Å²) in [5.41, 5.74) is 0. The van der Waals surface area contributed by atoms with Gasteiger partial charge in [0.2, 0.25) is 0 Å². The Morgan fingerprint density at radius 3 is 0.500 bits per heavy atom. The number of hydrogen-bond acceptors (Lipinski definition) is 10. The van der Waals surface area contributed by atoms with Crippen LogP contribution in [0.15, 0.2) is 0 Å². The molecule has 26 heavy (non-hydrogen) atoms. The first-order chi connectivity index (χ1) is 9.93. The maximum Gasteiger partial charge on any atom is 1.00 e. The Balaban J connectivity index is -0.0000000357. The summed E-state index contributed by atoms with van der Waals surface area (Å²) in [5, 5.41) is 44.3. The molecule has 134 valence electrons. The van der Waals surface area contributed by atoms with Crippen molar-refractivity contribution in [3.63, 3.8) is 0 Å². The molecule has 0 unspecified atom stereocenters. The SMILES string of the molecule is O=C(O)C(=O)O.O=C(O)C(=O)O.O=C(O)C(=O)O.O=P([O-])([O-])[O-].[Li+].[Li+].[Li+]. The van der Waals surface area contributed by atoms with Gasteiger partial charge in [0.15, 0.2) is 0 Å². The summed E-state index contributed by atoms with van der Waals surface area (Å²) in [6.07, 6.45) is 0. The van der Waals surface area contributed by atoms with Crippen molar-refractivity contribution in [1.29, 1.82) is 0 Å². The molecular weight excluding hydrogens is 380 g/mol. The van der Waals surface area contributed by atoms with Gasteiger partial charge in [0.05, 0.1) is 0 Å². The van der Waals surface area contributed by atoms with Gasteiger partial charge < -0.3 is 49.9 Å². The number of phosphoric acid groups is 1. The molecule has 0 aromatic carbocycles. The number of rotatable bonds is 0. The molecule has 0 aromatic rings. The smallest absolute Gasteiger partial charge is 0.822 e. The minimum absolute atomic E-state index is 0. The van der Waals surface area contributed by atoms with Gasteiger partial charge in [-0.15, -0.1) is 0 Å². The Hall–Kier alpha value is -1.28. The molecular formula is C6H6Li3O16P. The zero-order valence-corrected chi connectivity index (χ0v) is 14.1. The van der Waals surface area contributed by atoms with Crippen molar-refractivity contribution >= 4 is 43.6 Å². The van der Waals surface area contributed by atoms with E-state index in [-0.39, 0.29) is 56.6 Å². The summed E-state index contributed by atoms with van der Waals surface area (Å²) in [4.78, 5) is 80.2. The van der Waals surface area contributed by atoms with Crippen LogP contribution in [0, 0.1) is 0 Å². The topological polar surface area (TPSA) is 310 Å². The molecule has 0 heterocycles. The van der Waals surface area contributed by atoms with E-state index in [1.807, 2.05) is 0 Å². The summed E-state index contributed by atoms with van der Waals surface area (Å²) < 4.78 is 8.55. The predicted molar refractivity (Wildman–Crippen MR) is 53.4 cm³/mol. The van der Waals surface area contributed by atoms with Crippen molar-refractivity contribution in [3.8, 4) is 0 Å². The number of carboxylic acids is 6. The molecule has 0 spiro atoms. The van der Waals surface area contributed by atoms with Gasteiger partial charge in [0.25, 0.3) is 0 Å². The van der Waals surface area contributed by atoms with E-state index < -0.39 is 43.6 Å². The Labute approximate surface area is 178 Å². The minimum Gasteiger partial charge on any atom is -0.822 e. The molecule has 0 aromatic heterocycles. The molecule has 6 N–H and O–H groups in total. The fraction of sp³-hybridized carbons (Fsp3) is 0. The van der Waals surface area contributed by atoms with Gasteiger partial charge in [-0.3, -0.25) is 0 Å². The Morgan fingerprint density at radius 2 is 0.500 bits per heavy atom. The monoisotopic (exact) mass is 386 g/mol. The van der Waals surface area contributed by atoms with E-state index in [0.29, 0.717) is 0 Å². The third-order valence-corrected chi connectivity index (χ3v) is 0.549. The Bertz CT molecular complexity index is 409. The zero-order valence-electron chi connectivity index (χ0n) is 13.2. The predicted octanol–water partition coefficient (Wildman–Crippen LogP) is -14.3. The largest absolute Gasteiger partial charge is 1.00 e. The fourth-order valence-electron chi connectivity index (χ4n) is 0. The van der Waals surface area contributed by atoms with Crippen LogP contribution in [0.5, 0.6) is 0 Å². The van der Waals surface area contributed by atoms with Crippen molar-refractivity contribution in [2.75, 3.05) is 0 Å². The molecule has 20 heteroatoms. The van der Waals surface area contributed by atoms with Crippen LogP contribution in [-0.4, -0.2) is 66.5 Å². The summed E-state index contributed by atoms with van der Waals surface area (Å²) in [6.45, 7) is 0. The Morgan fingerprint density at radius 1 is 0.462 bits per heavy atom. The molecule has 0 amide bonds. The first-order valence-electron chi connectivity index (χ1n) is 4.05. The summed E-state index contributed by atoms with van der Waals surface area (Å²) in [6, 6.07) is 0. The molecule has 0 rings (SSSR count). The van der Waals surface area contributed by atoms with Crippen LogP contribution in [0.25, 0.3) is 0 Å². The number of carbonyl (C=O) groups is 6. The van der Waals surface area contributed by atoms with Crippen LogP contribution in [0.1, 0.15) is 0 Å². The van der Waals surface area contributed by atoms with Gasteiger partial charge in [-0.2, -0.15) is 7.82 Å². The second kappa shape index (κ2) is 23.7. The van der Waals surface area contributed by atoms with Crippen molar-refractivity contribution in [1.82, 2.24) is 0 Å². The summed E-state index contributed by atoms with van der Waals surface area (Å²) in [5.74, 6) is -10.9. The van der Waals surface area contributed by atoms with Crippen molar-refractivity contribution in [3.05, 3.63) is 0 Å². The van der Waals surface area contributed by atoms with Crippen molar-refractivity contribution in [2.45, 2.75) is 0 Å². The molecule has 0 fully saturated rings. The molecule has 0 bridgehead atoms. The van der Waals surface area contributed by atoms with E-state index in [1.54, 1.807) is 0 Å². The second-order valence-electron chi connectivity index (χ2n) is 2.28. The third kappa shape index (κ3) is 93.3. The summed E-state index contributed by atoms with van der Waals surface area (Å²) >= 11 is 0. The third-order valence-electron chi connectivity index (χ3n) is 0.549. The van der Waals surface area contributed by atoms with E-state index in [9.17, 15) is 0 Å². The van der Waals surface area contributed by atoms with Crippen molar-refractivity contribution in [2.24, 2.45) is 0 Å². The van der Waals surface area contributed by atoms with Gasteiger partial charge >= 0.3 is 92.4 Å². The Kier molecular flexibility index (Phi) is 40.4. The maximum atomic E-state index is 9.10. The van der Waals surface area contributed by atoms with E-state index in [2.05, 4.69) is 0 Å². The van der Waals surface area contributed by atoms with Gasteiger partial charge in [-0.25, -0.2) is 28.8 Å². The van der Waals surface area contributed by atoms with Gasteiger partial charge in [-0.05, 0) is 0 Å². The maximum absolute atomic E-state index is 9.10. The molecule has 0 aliphatic heterocycles. The fourth-order valence-corrected chi connectivity index (χ4v) is 0. The average Bonchev–Trinajstić information content (AvgIpc) is 2.27. The van der Waals surface area contributed by atoms with Crippen LogP contribution in [0.3, 0.4) is 0 Å². The average molecular weight is 386 g/mol. The van der Waals surface area contributed by atoms with Crippen LogP contribution >= 0.6 is 7.82 Å². The van der Waals surface area contributed by atoms with Crippen LogP contribution in [0.2, 0.25) is 0 Å². The second-order valence-corrected chi connectivity index (χ2v) is 3.17. The molecule has 0 aliphatic rings. The molecule has 0 radical (unpaired) electrons. The van der Waals surface area contributed by atoms with Crippen LogP contribution in [0.4, 0.5) is 0 Å². The normalized spacial score (nSPS) is 7.35. The van der Waals surface area contributed by atoms with Gasteiger partial charge in [0, 0.05) is 0 Å². The molecule has 0 saturated heterocycles. The number of aliphatic carboxylic acids is 6. The van der Waals surface area contributed by atoms with Crippen molar-refractivity contribution < 1.29 is 135 Å². The summed E-state index contributed by atoms with van der Waals surface area (Å²) in [7, 11) is -5.39. The van der Waals surface area contributed by atoms with E-state index in [1.165, 1.54) is 0 Å². The van der Waals surface area contributed by atoms with E-state index in [0.717, 1.165) is 0 Å². The van der Waals surface area contributed by atoms with E-state index >= 15 is 0 Å². The first-order valence-corrected chi connectivity index (χ1v) is 5.51. The molecule has 0 saturated carbocycles. The van der Waals surface area contributed by atoms with Crippen LogP contribution < -0.4 is 71.3 Å². The standard InChI is InChI=1S/3C2H2O4.3Li.H3O4P/c3*3-1(4)2(5)6;;;;1-5(2,3)4/h3*(H,3,4)(H,5,6);;;;(H3,1,2,3,4)/q;;;3*+1;/p-3. The number of hydrogen-bond donors (Lipinski definition) is 6. The molecule has 0 atom stereocenters. The molecule has 0 aliphatic carbocycles. The number of carboxylic acid groups (broad SMARTS) is 6. The van der Waals surface area contributed by atoms with Gasteiger partial charge in [-0.1, -0.05) is 0 Å². The quantitative estimate of drug-likeness (QED) is 0.128. The minimum atomic E-state index is -5.39. The first kappa shape index (κ1) is 44.3. The van der Waals surface area contributed by atoms with Gasteiger partial charge in [0.1, 0.15) is 0 Å². The molecule has 16 nitrogen and oxygen atoms in total. The van der Waals surface area contributed by atoms with Crippen LogP contribution in [-0.2, 0) is 33.3 Å². The zero-order chi connectivity index (χ0) is 20.0.